The van der Waals surface area contributed by atoms with Crippen LogP contribution in [0.3, 0.4) is 0 Å². The van der Waals surface area contributed by atoms with Crippen LogP contribution in [0.15, 0.2) is 42.6 Å². The van der Waals surface area contributed by atoms with Gasteiger partial charge in [0.05, 0.1) is 19.0 Å². The Morgan fingerprint density at radius 2 is 1.91 bits per heavy atom. The number of benzene rings is 1. The molecule has 0 spiro atoms. The zero-order chi connectivity index (χ0) is 15.9. The number of pyridine rings is 1. The van der Waals surface area contributed by atoms with E-state index >= 15 is 0 Å². The third-order valence-electron chi connectivity index (χ3n) is 3.29. The Morgan fingerprint density at radius 3 is 2.45 bits per heavy atom. The van der Waals surface area contributed by atoms with Crippen molar-refractivity contribution in [3.05, 3.63) is 48.2 Å². The summed E-state index contributed by atoms with van der Waals surface area (Å²) >= 11 is 0. The third-order valence-corrected chi connectivity index (χ3v) is 3.29. The van der Waals surface area contributed by atoms with Gasteiger partial charge in [-0.2, -0.15) is 0 Å². The number of carbonyl (C=O) groups is 1. The average molecular weight is 299 g/mol. The lowest BCUT2D eigenvalue weighted by atomic mass is 10.1. The maximum absolute atomic E-state index is 12.0. The SMILES string of the molecule is COc1ccc(CCC(=O)Nc2ccc(N(C)C)nc2)cc1. The minimum atomic E-state index is -0.0183. The quantitative estimate of drug-likeness (QED) is 0.891. The Hall–Kier alpha value is -2.56. The Bertz CT molecular complexity index is 607. The van der Waals surface area contributed by atoms with Crippen LogP contribution in [-0.2, 0) is 11.2 Å². The minimum absolute atomic E-state index is 0.0183. The molecule has 0 bridgehead atoms. The van der Waals surface area contributed by atoms with Crippen LogP contribution in [0.2, 0.25) is 0 Å². The van der Waals surface area contributed by atoms with E-state index in [-0.39, 0.29) is 5.91 Å². The lowest BCUT2D eigenvalue weighted by Crippen LogP contribution is -2.14. The third kappa shape index (κ3) is 4.48. The number of nitrogens with one attached hydrogen (secondary N) is 1. The molecular formula is C17H21N3O2. The minimum Gasteiger partial charge on any atom is -0.497 e. The van der Waals surface area contributed by atoms with Gasteiger partial charge < -0.3 is 15.0 Å². The van der Waals surface area contributed by atoms with Gasteiger partial charge in [-0.05, 0) is 36.2 Å². The molecule has 0 saturated heterocycles. The van der Waals surface area contributed by atoms with Crippen molar-refractivity contribution in [2.75, 3.05) is 31.4 Å². The fourth-order valence-corrected chi connectivity index (χ4v) is 2.00. The number of amides is 1. The molecule has 2 aromatic rings. The van der Waals surface area contributed by atoms with Crippen molar-refractivity contribution in [3.8, 4) is 5.75 Å². The van der Waals surface area contributed by atoms with Crippen LogP contribution in [0.5, 0.6) is 5.75 Å². The number of methoxy groups -OCH3 is 1. The molecule has 0 fully saturated rings. The molecule has 1 aromatic carbocycles. The predicted octanol–water partition coefficient (Wildman–Crippen LogP) is 2.73. The summed E-state index contributed by atoms with van der Waals surface area (Å²) in [6, 6.07) is 11.5. The molecule has 0 radical (unpaired) electrons. The molecule has 2 rings (SSSR count). The van der Waals surface area contributed by atoms with Gasteiger partial charge in [0.1, 0.15) is 11.6 Å². The van der Waals surface area contributed by atoms with Gasteiger partial charge in [0.2, 0.25) is 5.91 Å². The van der Waals surface area contributed by atoms with Crippen molar-refractivity contribution in [2.45, 2.75) is 12.8 Å². The van der Waals surface area contributed by atoms with E-state index in [0.29, 0.717) is 18.5 Å². The Balaban J connectivity index is 1.84. The van der Waals surface area contributed by atoms with E-state index in [4.69, 9.17) is 4.74 Å². The van der Waals surface area contributed by atoms with Crippen molar-refractivity contribution < 1.29 is 9.53 Å². The monoisotopic (exact) mass is 299 g/mol. The molecule has 1 aromatic heterocycles. The average Bonchev–Trinajstić information content (AvgIpc) is 2.54. The summed E-state index contributed by atoms with van der Waals surface area (Å²) in [6.45, 7) is 0. The number of nitrogens with zero attached hydrogens (tertiary/aromatic N) is 2. The zero-order valence-electron chi connectivity index (χ0n) is 13.2. The molecule has 0 atom stereocenters. The highest BCUT2D eigenvalue weighted by molar-refractivity contribution is 5.90. The zero-order valence-corrected chi connectivity index (χ0v) is 13.2. The van der Waals surface area contributed by atoms with Crippen LogP contribution < -0.4 is 15.0 Å². The Labute approximate surface area is 130 Å². The maximum atomic E-state index is 12.0. The highest BCUT2D eigenvalue weighted by atomic mass is 16.5. The molecule has 1 heterocycles. The normalized spacial score (nSPS) is 10.1. The van der Waals surface area contributed by atoms with E-state index in [0.717, 1.165) is 17.1 Å². The standard InChI is InChI=1S/C17H21N3O2/c1-20(2)16-10-7-14(12-18-16)19-17(21)11-6-13-4-8-15(22-3)9-5-13/h4-5,7-10,12H,6,11H2,1-3H3,(H,19,21). The number of aromatic nitrogens is 1. The number of anilines is 2. The molecule has 5 heteroatoms. The highest BCUT2D eigenvalue weighted by Gasteiger charge is 2.04. The largest absolute Gasteiger partial charge is 0.497 e. The van der Waals surface area contributed by atoms with Crippen LogP contribution in [0, 0.1) is 0 Å². The van der Waals surface area contributed by atoms with Gasteiger partial charge in [0.15, 0.2) is 0 Å². The fourth-order valence-electron chi connectivity index (χ4n) is 2.00. The lowest BCUT2D eigenvalue weighted by molar-refractivity contribution is -0.116. The smallest absolute Gasteiger partial charge is 0.224 e. The van der Waals surface area contributed by atoms with Crippen molar-refractivity contribution in [2.24, 2.45) is 0 Å². The molecular weight excluding hydrogens is 278 g/mol. The molecule has 0 unspecified atom stereocenters. The number of hydrogen-bond donors (Lipinski definition) is 1. The van der Waals surface area contributed by atoms with Gasteiger partial charge in [-0.1, -0.05) is 12.1 Å². The molecule has 22 heavy (non-hydrogen) atoms. The number of aryl methyl sites for hydroxylation is 1. The number of carbonyl (C=O) groups excluding carboxylic acids is 1. The summed E-state index contributed by atoms with van der Waals surface area (Å²) in [4.78, 5) is 18.1. The molecule has 116 valence electrons. The second-order valence-corrected chi connectivity index (χ2v) is 5.20. The maximum Gasteiger partial charge on any atom is 0.224 e. The fraction of sp³-hybridized carbons (Fsp3) is 0.294. The van der Waals surface area contributed by atoms with Crippen LogP contribution in [-0.4, -0.2) is 32.1 Å². The molecule has 1 amide bonds. The van der Waals surface area contributed by atoms with Crippen LogP contribution >= 0.6 is 0 Å². The summed E-state index contributed by atoms with van der Waals surface area (Å²) in [5, 5.41) is 2.86. The lowest BCUT2D eigenvalue weighted by Gasteiger charge is -2.11. The van der Waals surface area contributed by atoms with Gasteiger partial charge in [0.25, 0.3) is 0 Å². The first kappa shape index (κ1) is 15.8. The predicted molar refractivity (Wildman–Crippen MR) is 88.5 cm³/mol. The molecule has 0 aliphatic rings. The Morgan fingerprint density at radius 1 is 1.18 bits per heavy atom. The van der Waals surface area contributed by atoms with Crippen LogP contribution in [0.4, 0.5) is 11.5 Å². The van der Waals surface area contributed by atoms with E-state index in [2.05, 4.69) is 10.3 Å². The highest BCUT2D eigenvalue weighted by Crippen LogP contribution is 2.14. The summed E-state index contributed by atoms with van der Waals surface area (Å²) in [6.07, 6.45) is 2.79. The van der Waals surface area contributed by atoms with Gasteiger partial charge >= 0.3 is 0 Å². The second-order valence-electron chi connectivity index (χ2n) is 5.20. The summed E-state index contributed by atoms with van der Waals surface area (Å²) in [7, 11) is 5.49. The molecule has 0 aliphatic heterocycles. The number of rotatable bonds is 6. The number of ether oxygens (including phenoxy) is 1. The summed E-state index contributed by atoms with van der Waals surface area (Å²) in [5.41, 5.74) is 1.82. The van der Waals surface area contributed by atoms with E-state index < -0.39 is 0 Å². The van der Waals surface area contributed by atoms with Gasteiger partial charge in [0, 0.05) is 20.5 Å². The molecule has 1 N–H and O–H groups in total. The summed E-state index contributed by atoms with van der Waals surface area (Å²) in [5.74, 6) is 1.66. The first-order valence-electron chi connectivity index (χ1n) is 7.14. The van der Waals surface area contributed by atoms with Crippen LogP contribution in [0.1, 0.15) is 12.0 Å². The second kappa shape index (κ2) is 7.45. The van der Waals surface area contributed by atoms with Crippen molar-refractivity contribution in [3.63, 3.8) is 0 Å². The van der Waals surface area contributed by atoms with Gasteiger partial charge in [-0.25, -0.2) is 4.98 Å². The van der Waals surface area contributed by atoms with Gasteiger partial charge in [-0.3, -0.25) is 4.79 Å². The molecule has 0 aliphatic carbocycles. The molecule has 0 saturated carbocycles. The summed E-state index contributed by atoms with van der Waals surface area (Å²) < 4.78 is 5.11. The molecule has 5 nitrogen and oxygen atoms in total. The first-order valence-corrected chi connectivity index (χ1v) is 7.14. The van der Waals surface area contributed by atoms with Gasteiger partial charge in [-0.15, -0.1) is 0 Å². The van der Waals surface area contributed by atoms with E-state index in [1.54, 1.807) is 13.3 Å². The topological polar surface area (TPSA) is 54.5 Å². The first-order chi connectivity index (χ1) is 10.6. The van der Waals surface area contributed by atoms with E-state index in [1.165, 1.54) is 0 Å². The Kier molecular flexibility index (Phi) is 5.36. The number of hydrogen-bond acceptors (Lipinski definition) is 4. The van der Waals surface area contributed by atoms with E-state index in [1.807, 2.05) is 55.4 Å². The van der Waals surface area contributed by atoms with Crippen molar-refractivity contribution in [1.29, 1.82) is 0 Å². The van der Waals surface area contributed by atoms with Crippen molar-refractivity contribution in [1.82, 2.24) is 4.98 Å². The van der Waals surface area contributed by atoms with E-state index in [9.17, 15) is 4.79 Å². The van der Waals surface area contributed by atoms with Crippen LogP contribution in [0.25, 0.3) is 0 Å². The van der Waals surface area contributed by atoms with Crippen molar-refractivity contribution >= 4 is 17.4 Å².